The van der Waals surface area contributed by atoms with Crippen molar-refractivity contribution in [2.75, 3.05) is 0 Å². The summed E-state index contributed by atoms with van der Waals surface area (Å²) in [6, 6.07) is 7.57. The molecule has 0 amide bonds. The van der Waals surface area contributed by atoms with Crippen molar-refractivity contribution in [1.82, 2.24) is 5.32 Å². The van der Waals surface area contributed by atoms with Gasteiger partial charge >= 0.3 is 0 Å². The van der Waals surface area contributed by atoms with Crippen molar-refractivity contribution in [3.05, 3.63) is 39.9 Å². The lowest BCUT2D eigenvalue weighted by atomic mass is 10.1. The molecule has 4 heteroatoms. The maximum Gasteiger partial charge on any atom is 0.269 e. The van der Waals surface area contributed by atoms with Gasteiger partial charge in [0, 0.05) is 24.2 Å². The van der Waals surface area contributed by atoms with Crippen molar-refractivity contribution in [1.29, 1.82) is 0 Å². The second-order valence-corrected chi connectivity index (χ2v) is 5.48. The van der Waals surface area contributed by atoms with Crippen molar-refractivity contribution in [3.63, 3.8) is 0 Å². The number of nitrogens with one attached hydrogen (secondary N) is 1. The Morgan fingerprint density at radius 2 is 1.94 bits per heavy atom. The summed E-state index contributed by atoms with van der Waals surface area (Å²) < 4.78 is 0. The molecule has 0 heterocycles. The molecule has 2 rings (SSSR count). The summed E-state index contributed by atoms with van der Waals surface area (Å²) in [5.74, 6) is 0. The highest BCUT2D eigenvalue weighted by molar-refractivity contribution is 5.34. The molecular formula is C13H18N2O2. The normalized spacial score (nSPS) is 23.1. The molecule has 2 atom stereocenters. The fourth-order valence-electron chi connectivity index (χ4n) is 2.03. The lowest BCUT2D eigenvalue weighted by Crippen LogP contribution is -2.24. The highest BCUT2D eigenvalue weighted by Gasteiger charge is 2.45. The molecule has 1 saturated carbocycles. The van der Waals surface area contributed by atoms with Crippen molar-refractivity contribution in [2.24, 2.45) is 5.41 Å². The number of benzene rings is 1. The van der Waals surface area contributed by atoms with Gasteiger partial charge in [-0.1, -0.05) is 26.0 Å². The monoisotopic (exact) mass is 234 g/mol. The number of hydrogen-bond donors (Lipinski definition) is 1. The van der Waals surface area contributed by atoms with E-state index in [0.717, 1.165) is 5.56 Å². The highest BCUT2D eigenvalue weighted by Crippen LogP contribution is 2.45. The Labute approximate surface area is 101 Å². The van der Waals surface area contributed by atoms with Crippen LogP contribution < -0.4 is 5.32 Å². The molecule has 0 radical (unpaired) electrons. The zero-order valence-corrected chi connectivity index (χ0v) is 10.4. The predicted octanol–water partition coefficient (Wildman–Crippen LogP) is 3.04. The van der Waals surface area contributed by atoms with E-state index in [0.29, 0.717) is 11.5 Å². The van der Waals surface area contributed by atoms with Crippen LogP contribution in [0.4, 0.5) is 5.69 Å². The summed E-state index contributed by atoms with van der Waals surface area (Å²) >= 11 is 0. The number of rotatable bonds is 4. The Bertz CT molecular complexity index is 426. The molecule has 0 aromatic heterocycles. The lowest BCUT2D eigenvalue weighted by molar-refractivity contribution is -0.384. The topological polar surface area (TPSA) is 55.2 Å². The van der Waals surface area contributed by atoms with E-state index in [1.807, 2.05) is 12.1 Å². The van der Waals surface area contributed by atoms with Crippen molar-refractivity contribution >= 4 is 5.69 Å². The van der Waals surface area contributed by atoms with Gasteiger partial charge < -0.3 is 5.32 Å². The summed E-state index contributed by atoms with van der Waals surface area (Å²) in [7, 11) is 0. The zero-order valence-electron chi connectivity index (χ0n) is 10.4. The Balaban J connectivity index is 2.00. The third kappa shape index (κ3) is 2.64. The molecule has 0 aliphatic heterocycles. The first-order valence-corrected chi connectivity index (χ1v) is 5.90. The van der Waals surface area contributed by atoms with Crippen LogP contribution in [0.1, 0.15) is 38.8 Å². The van der Waals surface area contributed by atoms with Crippen molar-refractivity contribution in [3.8, 4) is 0 Å². The van der Waals surface area contributed by atoms with Gasteiger partial charge in [-0.2, -0.15) is 0 Å². The van der Waals surface area contributed by atoms with E-state index in [1.54, 1.807) is 12.1 Å². The van der Waals surface area contributed by atoms with Gasteiger partial charge in [-0.3, -0.25) is 10.1 Å². The minimum absolute atomic E-state index is 0.146. The number of non-ortho nitro benzene ring substituents is 1. The summed E-state index contributed by atoms with van der Waals surface area (Å²) in [4.78, 5) is 10.2. The molecule has 1 aliphatic carbocycles. The first kappa shape index (κ1) is 12.0. The molecule has 4 nitrogen and oxygen atoms in total. The van der Waals surface area contributed by atoms with E-state index in [-0.39, 0.29) is 16.7 Å². The van der Waals surface area contributed by atoms with Crippen LogP contribution >= 0.6 is 0 Å². The van der Waals surface area contributed by atoms with E-state index in [2.05, 4.69) is 26.1 Å². The van der Waals surface area contributed by atoms with Crippen LogP contribution in [0.15, 0.2) is 24.3 Å². The summed E-state index contributed by atoms with van der Waals surface area (Å²) in [6.45, 7) is 6.58. The van der Waals surface area contributed by atoms with Gasteiger partial charge in [0.15, 0.2) is 0 Å². The molecule has 0 saturated heterocycles. The molecule has 2 unspecified atom stereocenters. The van der Waals surface area contributed by atoms with Crippen LogP contribution in [0, 0.1) is 15.5 Å². The quantitative estimate of drug-likeness (QED) is 0.643. The minimum Gasteiger partial charge on any atom is -0.307 e. The van der Waals surface area contributed by atoms with Gasteiger partial charge in [-0.25, -0.2) is 0 Å². The molecular weight excluding hydrogens is 216 g/mol. The van der Waals surface area contributed by atoms with Gasteiger partial charge in [-0.15, -0.1) is 0 Å². The molecule has 1 N–H and O–H groups in total. The third-order valence-electron chi connectivity index (χ3n) is 3.57. The lowest BCUT2D eigenvalue weighted by Gasteiger charge is -2.15. The Morgan fingerprint density at radius 1 is 1.41 bits per heavy atom. The molecule has 1 fully saturated rings. The maximum absolute atomic E-state index is 10.5. The summed E-state index contributed by atoms with van der Waals surface area (Å²) in [5.41, 5.74) is 1.64. The zero-order chi connectivity index (χ0) is 12.6. The molecule has 92 valence electrons. The van der Waals surface area contributed by atoms with E-state index in [9.17, 15) is 10.1 Å². The molecule has 0 bridgehead atoms. The van der Waals surface area contributed by atoms with Crippen LogP contribution in [-0.2, 0) is 0 Å². The van der Waals surface area contributed by atoms with Gasteiger partial charge in [0.05, 0.1) is 4.92 Å². The molecule has 1 aliphatic rings. The van der Waals surface area contributed by atoms with E-state index in [1.165, 1.54) is 6.42 Å². The second-order valence-electron chi connectivity index (χ2n) is 5.48. The van der Waals surface area contributed by atoms with Gasteiger partial charge in [0.1, 0.15) is 0 Å². The first-order valence-electron chi connectivity index (χ1n) is 5.90. The smallest absolute Gasteiger partial charge is 0.269 e. The van der Waals surface area contributed by atoms with Gasteiger partial charge in [0.2, 0.25) is 0 Å². The van der Waals surface area contributed by atoms with Crippen LogP contribution in [-0.4, -0.2) is 11.0 Å². The van der Waals surface area contributed by atoms with Crippen LogP contribution in [0.25, 0.3) is 0 Å². The van der Waals surface area contributed by atoms with Gasteiger partial charge in [0.25, 0.3) is 5.69 Å². The average molecular weight is 234 g/mol. The maximum atomic E-state index is 10.5. The fraction of sp³-hybridized carbons (Fsp3) is 0.538. The predicted molar refractivity (Wildman–Crippen MR) is 66.8 cm³/mol. The second kappa shape index (κ2) is 4.11. The first-order chi connectivity index (χ1) is 7.90. The third-order valence-corrected chi connectivity index (χ3v) is 3.57. The minimum atomic E-state index is -0.369. The standard InChI is InChI=1S/C13H18N2O2/c1-9(14-12-8-13(12,2)3)10-4-6-11(7-5-10)15(16)17/h4-7,9,12,14H,8H2,1-3H3. The molecule has 0 spiro atoms. The van der Waals surface area contributed by atoms with Crippen molar-refractivity contribution in [2.45, 2.75) is 39.3 Å². The van der Waals surface area contributed by atoms with Crippen LogP contribution in [0.2, 0.25) is 0 Å². The molecule has 17 heavy (non-hydrogen) atoms. The van der Waals surface area contributed by atoms with E-state index < -0.39 is 0 Å². The average Bonchev–Trinajstić information content (AvgIpc) is 2.86. The summed E-state index contributed by atoms with van der Waals surface area (Å²) in [5, 5.41) is 14.1. The molecule has 1 aromatic rings. The largest absolute Gasteiger partial charge is 0.307 e. The number of nitrogens with zero attached hydrogens (tertiary/aromatic N) is 1. The Morgan fingerprint density at radius 3 is 2.35 bits per heavy atom. The van der Waals surface area contributed by atoms with Crippen molar-refractivity contribution < 1.29 is 4.92 Å². The van der Waals surface area contributed by atoms with Crippen LogP contribution in [0.5, 0.6) is 0 Å². The number of nitro groups is 1. The van der Waals surface area contributed by atoms with E-state index in [4.69, 9.17) is 0 Å². The summed E-state index contributed by atoms with van der Waals surface area (Å²) in [6.07, 6.45) is 1.20. The highest BCUT2D eigenvalue weighted by atomic mass is 16.6. The Hall–Kier alpha value is -1.42. The molecule has 1 aromatic carbocycles. The van der Waals surface area contributed by atoms with E-state index >= 15 is 0 Å². The number of hydrogen-bond acceptors (Lipinski definition) is 3. The number of nitro benzene ring substituents is 1. The van der Waals surface area contributed by atoms with Crippen LogP contribution in [0.3, 0.4) is 0 Å². The Kier molecular flexibility index (Phi) is 2.91. The van der Waals surface area contributed by atoms with Gasteiger partial charge in [-0.05, 0) is 24.3 Å². The SMILES string of the molecule is CC(NC1CC1(C)C)c1ccc([N+](=O)[O-])cc1. The fourth-order valence-corrected chi connectivity index (χ4v) is 2.03.